The molecule has 3 aromatic rings. The molecule has 1 fully saturated rings. The maximum Gasteiger partial charge on any atom is 0.225 e. The summed E-state index contributed by atoms with van der Waals surface area (Å²) in [7, 11) is 2.24. The molecule has 0 radical (unpaired) electrons. The van der Waals surface area contributed by atoms with Gasteiger partial charge in [0, 0.05) is 56.7 Å². The van der Waals surface area contributed by atoms with Gasteiger partial charge in [-0.3, -0.25) is 0 Å². The highest BCUT2D eigenvalue weighted by molar-refractivity contribution is 5.54. The number of aromatic nitrogens is 2. The monoisotopic (exact) mass is 399 g/mol. The lowest BCUT2D eigenvalue weighted by atomic mass is 9.86. The summed E-state index contributed by atoms with van der Waals surface area (Å²) < 4.78 is 0. The van der Waals surface area contributed by atoms with Crippen molar-refractivity contribution in [3.63, 3.8) is 0 Å². The summed E-state index contributed by atoms with van der Waals surface area (Å²) in [5.74, 6) is 1.32. The van der Waals surface area contributed by atoms with Crippen LogP contribution in [0, 0.1) is 0 Å². The van der Waals surface area contributed by atoms with Gasteiger partial charge < -0.3 is 14.7 Å². The molecule has 0 bridgehead atoms. The molecule has 5 heteroatoms. The van der Waals surface area contributed by atoms with E-state index in [1.807, 2.05) is 18.5 Å². The van der Waals surface area contributed by atoms with Crippen LogP contribution >= 0.6 is 0 Å². The zero-order valence-electron chi connectivity index (χ0n) is 17.6. The fourth-order valence-corrected chi connectivity index (χ4v) is 4.79. The number of rotatable bonds is 3. The van der Waals surface area contributed by atoms with Crippen molar-refractivity contribution in [1.29, 1.82) is 0 Å². The SMILES string of the molecule is CN1CCC(c2ccccc2)c2ccc(N3CCN(c4ncccn4)CC3)cc2C1. The van der Waals surface area contributed by atoms with Crippen molar-refractivity contribution in [2.45, 2.75) is 18.9 Å². The number of fused-ring (bicyclic) bond motifs is 1. The molecule has 30 heavy (non-hydrogen) atoms. The molecule has 5 rings (SSSR count). The largest absolute Gasteiger partial charge is 0.368 e. The second-order valence-electron chi connectivity index (χ2n) is 8.40. The van der Waals surface area contributed by atoms with E-state index in [0.717, 1.165) is 45.2 Å². The van der Waals surface area contributed by atoms with Crippen molar-refractivity contribution in [3.05, 3.63) is 83.7 Å². The Morgan fingerprint density at radius 3 is 2.30 bits per heavy atom. The van der Waals surface area contributed by atoms with Gasteiger partial charge in [-0.2, -0.15) is 0 Å². The molecular weight excluding hydrogens is 370 g/mol. The van der Waals surface area contributed by atoms with Gasteiger partial charge in [-0.1, -0.05) is 36.4 Å². The summed E-state index contributed by atoms with van der Waals surface area (Å²) in [4.78, 5) is 16.0. The van der Waals surface area contributed by atoms with E-state index in [-0.39, 0.29) is 0 Å². The zero-order valence-corrected chi connectivity index (χ0v) is 17.6. The van der Waals surface area contributed by atoms with Crippen LogP contribution in [0.25, 0.3) is 0 Å². The summed E-state index contributed by atoms with van der Waals surface area (Å²) in [6, 6.07) is 20.0. The van der Waals surface area contributed by atoms with E-state index < -0.39 is 0 Å². The number of benzene rings is 2. The fraction of sp³-hybridized carbons (Fsp3) is 0.360. The van der Waals surface area contributed by atoms with Crippen molar-refractivity contribution in [3.8, 4) is 0 Å². The lowest BCUT2D eigenvalue weighted by molar-refractivity contribution is 0.328. The summed E-state index contributed by atoms with van der Waals surface area (Å²) in [6.07, 6.45) is 4.81. The Morgan fingerprint density at radius 1 is 0.800 bits per heavy atom. The van der Waals surface area contributed by atoms with Gasteiger partial charge in [-0.15, -0.1) is 0 Å². The molecule has 1 unspecified atom stereocenters. The Bertz CT molecular complexity index is 967. The molecule has 3 heterocycles. The third kappa shape index (κ3) is 3.90. The van der Waals surface area contributed by atoms with Gasteiger partial charge in [0.1, 0.15) is 0 Å². The van der Waals surface area contributed by atoms with Crippen LogP contribution in [0.2, 0.25) is 0 Å². The van der Waals surface area contributed by atoms with E-state index in [2.05, 4.69) is 80.2 Å². The van der Waals surface area contributed by atoms with Crippen LogP contribution in [0.5, 0.6) is 0 Å². The molecule has 0 saturated carbocycles. The van der Waals surface area contributed by atoms with Crippen LogP contribution in [0.4, 0.5) is 11.6 Å². The number of piperazine rings is 1. The normalized spacial score (nSPS) is 20.0. The van der Waals surface area contributed by atoms with Crippen LogP contribution in [-0.4, -0.2) is 54.6 Å². The van der Waals surface area contributed by atoms with Gasteiger partial charge in [-0.05, 0) is 54.9 Å². The van der Waals surface area contributed by atoms with Crippen LogP contribution in [0.3, 0.4) is 0 Å². The highest BCUT2D eigenvalue weighted by Gasteiger charge is 2.24. The molecule has 0 spiro atoms. The summed E-state index contributed by atoms with van der Waals surface area (Å²) in [5.41, 5.74) is 5.73. The molecule has 5 nitrogen and oxygen atoms in total. The molecule has 2 aliphatic heterocycles. The smallest absolute Gasteiger partial charge is 0.225 e. The van der Waals surface area contributed by atoms with Gasteiger partial charge >= 0.3 is 0 Å². The quantitative estimate of drug-likeness (QED) is 0.670. The third-order valence-corrected chi connectivity index (χ3v) is 6.42. The average Bonchev–Trinajstić information content (AvgIpc) is 2.98. The van der Waals surface area contributed by atoms with Gasteiger partial charge in [0.2, 0.25) is 5.95 Å². The van der Waals surface area contributed by atoms with Gasteiger partial charge in [0.25, 0.3) is 0 Å². The zero-order chi connectivity index (χ0) is 20.3. The Hall–Kier alpha value is -2.92. The Balaban J connectivity index is 1.37. The number of nitrogens with zero attached hydrogens (tertiary/aromatic N) is 5. The van der Waals surface area contributed by atoms with E-state index in [1.54, 1.807) is 0 Å². The van der Waals surface area contributed by atoms with Crippen molar-refractivity contribution >= 4 is 11.6 Å². The molecule has 0 N–H and O–H groups in total. The first kappa shape index (κ1) is 19.1. The molecule has 1 saturated heterocycles. The second-order valence-corrected chi connectivity index (χ2v) is 8.40. The highest BCUT2D eigenvalue weighted by Crippen LogP contribution is 2.35. The Morgan fingerprint density at radius 2 is 1.53 bits per heavy atom. The van der Waals surface area contributed by atoms with E-state index in [0.29, 0.717) is 5.92 Å². The first-order valence-corrected chi connectivity index (χ1v) is 10.9. The third-order valence-electron chi connectivity index (χ3n) is 6.42. The molecule has 1 aromatic heterocycles. The van der Waals surface area contributed by atoms with E-state index in [9.17, 15) is 0 Å². The lowest BCUT2D eigenvalue weighted by Gasteiger charge is -2.36. The lowest BCUT2D eigenvalue weighted by Crippen LogP contribution is -2.47. The standard InChI is InChI=1S/C25H29N5/c1-28-13-10-24(20-6-3-2-4-7-20)23-9-8-22(18-21(23)19-28)29-14-16-30(17-15-29)25-26-11-5-12-27-25/h2-9,11-12,18,24H,10,13-17,19H2,1H3. The molecule has 2 aromatic carbocycles. The van der Waals surface area contributed by atoms with Crippen molar-refractivity contribution < 1.29 is 0 Å². The average molecular weight is 400 g/mol. The number of hydrogen-bond donors (Lipinski definition) is 0. The van der Waals surface area contributed by atoms with Crippen LogP contribution in [0.1, 0.15) is 29.0 Å². The second kappa shape index (κ2) is 8.44. The van der Waals surface area contributed by atoms with Crippen LogP contribution in [0.15, 0.2) is 67.0 Å². The molecule has 154 valence electrons. The predicted molar refractivity (Wildman–Crippen MR) is 122 cm³/mol. The van der Waals surface area contributed by atoms with E-state index in [1.165, 1.54) is 28.8 Å². The molecular formula is C25H29N5. The minimum atomic E-state index is 0.479. The minimum absolute atomic E-state index is 0.479. The van der Waals surface area contributed by atoms with Crippen LogP contribution < -0.4 is 9.80 Å². The Labute approximate surface area is 179 Å². The number of hydrogen-bond acceptors (Lipinski definition) is 5. The minimum Gasteiger partial charge on any atom is -0.368 e. The highest BCUT2D eigenvalue weighted by atomic mass is 15.3. The Kier molecular flexibility index (Phi) is 5.37. The van der Waals surface area contributed by atoms with E-state index >= 15 is 0 Å². The van der Waals surface area contributed by atoms with Gasteiger partial charge in [-0.25, -0.2) is 9.97 Å². The summed E-state index contributed by atoms with van der Waals surface area (Å²) in [6.45, 7) is 6.04. The predicted octanol–water partition coefficient (Wildman–Crippen LogP) is 3.77. The number of anilines is 2. The molecule has 2 aliphatic rings. The fourth-order valence-electron chi connectivity index (χ4n) is 4.79. The van der Waals surface area contributed by atoms with Crippen molar-refractivity contribution in [1.82, 2.24) is 14.9 Å². The first-order chi connectivity index (χ1) is 14.8. The molecule has 0 aliphatic carbocycles. The van der Waals surface area contributed by atoms with Crippen molar-refractivity contribution in [2.75, 3.05) is 49.6 Å². The van der Waals surface area contributed by atoms with Gasteiger partial charge in [0.15, 0.2) is 0 Å². The molecule has 0 amide bonds. The molecule has 1 atom stereocenters. The maximum absolute atomic E-state index is 4.40. The summed E-state index contributed by atoms with van der Waals surface area (Å²) >= 11 is 0. The van der Waals surface area contributed by atoms with Crippen LogP contribution in [-0.2, 0) is 6.54 Å². The summed E-state index contributed by atoms with van der Waals surface area (Å²) in [5, 5.41) is 0. The van der Waals surface area contributed by atoms with E-state index in [4.69, 9.17) is 0 Å². The maximum atomic E-state index is 4.40. The van der Waals surface area contributed by atoms with Crippen molar-refractivity contribution in [2.24, 2.45) is 0 Å². The van der Waals surface area contributed by atoms with Gasteiger partial charge in [0.05, 0.1) is 0 Å². The first-order valence-electron chi connectivity index (χ1n) is 10.9. The topological polar surface area (TPSA) is 35.5 Å².